The molecule has 1 saturated heterocycles. The first-order valence-corrected chi connectivity index (χ1v) is 7.38. The summed E-state index contributed by atoms with van der Waals surface area (Å²) in [5.74, 6) is -1.10. The quantitative estimate of drug-likeness (QED) is 0.808. The predicted octanol–water partition coefficient (Wildman–Crippen LogP) is 1.62. The van der Waals surface area contributed by atoms with E-state index in [1.165, 1.54) is 23.9 Å². The molecule has 0 unspecified atom stereocenters. The van der Waals surface area contributed by atoms with E-state index in [0.717, 1.165) is 4.90 Å². The molecule has 1 aromatic carbocycles. The molecule has 2 rings (SSSR count). The third-order valence-corrected chi connectivity index (χ3v) is 4.12. The monoisotopic (exact) mass is 313 g/mol. The molecule has 5 nitrogen and oxygen atoms in total. The number of carbonyl (C=O) groups excluding carboxylic acids is 1. The van der Waals surface area contributed by atoms with E-state index in [2.05, 4.69) is 0 Å². The summed E-state index contributed by atoms with van der Waals surface area (Å²) in [6.45, 7) is 2.21. The molecule has 1 aliphatic heterocycles. The van der Waals surface area contributed by atoms with E-state index >= 15 is 0 Å². The van der Waals surface area contributed by atoms with Gasteiger partial charge in [-0.05, 0) is 31.2 Å². The van der Waals surface area contributed by atoms with Crippen molar-refractivity contribution in [1.29, 1.82) is 0 Å². The van der Waals surface area contributed by atoms with Crippen molar-refractivity contribution in [3.63, 3.8) is 0 Å². The smallest absolute Gasteiger partial charge is 0.329 e. The summed E-state index contributed by atoms with van der Waals surface area (Å²) in [6.07, 6.45) is 0. The molecule has 1 N–H and O–H groups in total. The lowest BCUT2D eigenvalue weighted by Gasteiger charge is -2.47. The van der Waals surface area contributed by atoms with E-state index < -0.39 is 11.6 Å². The zero-order valence-electron chi connectivity index (χ0n) is 11.5. The standard InChI is InChI=1S/C14H16FNO4S/c1-14(20-6-13(18)19)8-16(9-14)12(17)7-21-11-4-2-10(15)3-5-11/h2-5H,6-9H2,1H3,(H,18,19). The van der Waals surface area contributed by atoms with Crippen LogP contribution >= 0.6 is 11.8 Å². The van der Waals surface area contributed by atoms with E-state index in [0.29, 0.717) is 13.1 Å². The van der Waals surface area contributed by atoms with Gasteiger partial charge in [-0.1, -0.05) is 0 Å². The number of amides is 1. The van der Waals surface area contributed by atoms with Gasteiger partial charge in [0, 0.05) is 4.90 Å². The van der Waals surface area contributed by atoms with Crippen molar-refractivity contribution in [3.8, 4) is 0 Å². The molecule has 1 amide bonds. The van der Waals surface area contributed by atoms with Crippen molar-refractivity contribution in [3.05, 3.63) is 30.1 Å². The SMILES string of the molecule is CC1(OCC(=O)O)CN(C(=O)CSc2ccc(F)cc2)C1. The molecular formula is C14H16FNO4S. The second kappa shape index (κ2) is 6.44. The first kappa shape index (κ1) is 15.8. The largest absolute Gasteiger partial charge is 0.480 e. The Balaban J connectivity index is 1.73. The summed E-state index contributed by atoms with van der Waals surface area (Å²) >= 11 is 1.34. The Morgan fingerprint density at radius 1 is 1.38 bits per heavy atom. The second-order valence-electron chi connectivity index (χ2n) is 5.12. The number of halogens is 1. The summed E-state index contributed by atoms with van der Waals surface area (Å²) in [4.78, 5) is 24.9. The molecule has 0 spiro atoms. The van der Waals surface area contributed by atoms with Crippen LogP contribution in [0.1, 0.15) is 6.92 Å². The highest BCUT2D eigenvalue weighted by Crippen LogP contribution is 2.26. The minimum absolute atomic E-state index is 0.0410. The summed E-state index contributed by atoms with van der Waals surface area (Å²) in [7, 11) is 0. The van der Waals surface area contributed by atoms with Gasteiger partial charge in [-0.25, -0.2) is 9.18 Å². The molecule has 1 fully saturated rings. The fourth-order valence-electron chi connectivity index (χ4n) is 2.03. The summed E-state index contributed by atoms with van der Waals surface area (Å²) in [6, 6.07) is 5.97. The van der Waals surface area contributed by atoms with Crippen molar-refractivity contribution in [2.75, 3.05) is 25.4 Å². The maximum absolute atomic E-state index is 12.8. The first-order chi connectivity index (χ1) is 9.88. The van der Waals surface area contributed by atoms with Crippen LogP contribution in [0.5, 0.6) is 0 Å². The topological polar surface area (TPSA) is 66.8 Å². The number of carboxylic acid groups (broad SMARTS) is 1. The van der Waals surface area contributed by atoms with Gasteiger partial charge in [-0.3, -0.25) is 4.79 Å². The van der Waals surface area contributed by atoms with Gasteiger partial charge in [0.05, 0.1) is 18.8 Å². The Hall–Kier alpha value is -1.60. The molecule has 7 heteroatoms. The van der Waals surface area contributed by atoms with Crippen LogP contribution in [0.3, 0.4) is 0 Å². The Kier molecular flexibility index (Phi) is 4.84. The van der Waals surface area contributed by atoms with Crippen LogP contribution in [0, 0.1) is 5.82 Å². The van der Waals surface area contributed by atoms with Gasteiger partial charge in [0.25, 0.3) is 0 Å². The van der Waals surface area contributed by atoms with Crippen LogP contribution in [0.15, 0.2) is 29.2 Å². The van der Waals surface area contributed by atoms with Gasteiger partial charge in [0.2, 0.25) is 5.91 Å². The van der Waals surface area contributed by atoms with Crippen molar-refractivity contribution in [2.24, 2.45) is 0 Å². The highest BCUT2D eigenvalue weighted by atomic mass is 32.2. The van der Waals surface area contributed by atoms with Gasteiger partial charge < -0.3 is 14.7 Å². The number of benzene rings is 1. The minimum Gasteiger partial charge on any atom is -0.480 e. The zero-order valence-corrected chi connectivity index (χ0v) is 12.4. The third-order valence-electron chi connectivity index (χ3n) is 3.12. The number of hydrogen-bond donors (Lipinski definition) is 1. The van der Waals surface area contributed by atoms with Crippen LogP contribution in [-0.2, 0) is 14.3 Å². The number of aliphatic carboxylic acids is 1. The zero-order chi connectivity index (χ0) is 15.5. The number of rotatable bonds is 6. The van der Waals surface area contributed by atoms with Crippen molar-refractivity contribution in [2.45, 2.75) is 17.4 Å². The average Bonchev–Trinajstić information content (AvgIpc) is 2.41. The van der Waals surface area contributed by atoms with Gasteiger partial charge in [0.15, 0.2) is 0 Å². The molecule has 0 aliphatic carbocycles. The fraction of sp³-hybridized carbons (Fsp3) is 0.429. The summed E-state index contributed by atoms with van der Waals surface area (Å²) in [5.41, 5.74) is -0.575. The van der Waals surface area contributed by atoms with Crippen LogP contribution in [0.4, 0.5) is 4.39 Å². The Bertz CT molecular complexity index is 528. The van der Waals surface area contributed by atoms with E-state index in [4.69, 9.17) is 9.84 Å². The lowest BCUT2D eigenvalue weighted by atomic mass is 9.96. The number of carboxylic acids is 1. The van der Waals surface area contributed by atoms with Crippen molar-refractivity contribution >= 4 is 23.6 Å². The number of thioether (sulfide) groups is 1. The van der Waals surface area contributed by atoms with E-state index in [9.17, 15) is 14.0 Å². The van der Waals surface area contributed by atoms with Gasteiger partial charge in [0.1, 0.15) is 18.0 Å². The fourth-order valence-corrected chi connectivity index (χ4v) is 2.83. The minimum atomic E-state index is -1.02. The first-order valence-electron chi connectivity index (χ1n) is 6.40. The summed E-state index contributed by atoms with van der Waals surface area (Å²) < 4.78 is 18.0. The summed E-state index contributed by atoms with van der Waals surface area (Å²) in [5, 5.41) is 8.57. The van der Waals surface area contributed by atoms with Crippen molar-refractivity contribution < 1.29 is 23.8 Å². The molecule has 0 bridgehead atoms. The van der Waals surface area contributed by atoms with E-state index in [1.54, 1.807) is 24.0 Å². The number of ether oxygens (including phenoxy) is 1. The van der Waals surface area contributed by atoms with Gasteiger partial charge >= 0.3 is 5.97 Å². The van der Waals surface area contributed by atoms with Crippen LogP contribution in [-0.4, -0.2) is 52.9 Å². The van der Waals surface area contributed by atoms with E-state index in [1.807, 2.05) is 0 Å². The maximum Gasteiger partial charge on any atom is 0.329 e. The van der Waals surface area contributed by atoms with Gasteiger partial charge in [-0.15, -0.1) is 11.8 Å². The number of likely N-dealkylation sites (tertiary alicyclic amines) is 1. The molecule has 0 saturated carbocycles. The molecule has 1 heterocycles. The van der Waals surface area contributed by atoms with Gasteiger partial charge in [-0.2, -0.15) is 0 Å². The molecule has 0 atom stereocenters. The normalized spacial score (nSPS) is 16.4. The Morgan fingerprint density at radius 2 is 2.00 bits per heavy atom. The third kappa shape index (κ3) is 4.44. The second-order valence-corrected chi connectivity index (χ2v) is 6.17. The molecule has 114 valence electrons. The number of hydrogen-bond acceptors (Lipinski definition) is 4. The Morgan fingerprint density at radius 3 is 2.57 bits per heavy atom. The van der Waals surface area contributed by atoms with Crippen LogP contribution in [0.2, 0.25) is 0 Å². The molecular weight excluding hydrogens is 297 g/mol. The number of nitrogens with zero attached hydrogens (tertiary/aromatic N) is 1. The van der Waals surface area contributed by atoms with Crippen molar-refractivity contribution in [1.82, 2.24) is 4.90 Å². The lowest BCUT2D eigenvalue weighted by molar-refractivity contribution is -0.171. The molecule has 1 aromatic rings. The van der Waals surface area contributed by atoms with Crippen LogP contribution < -0.4 is 0 Å². The Labute approximate surface area is 126 Å². The maximum atomic E-state index is 12.8. The van der Waals surface area contributed by atoms with E-state index in [-0.39, 0.29) is 24.1 Å². The highest BCUT2D eigenvalue weighted by Gasteiger charge is 2.42. The molecule has 0 aromatic heterocycles. The van der Waals surface area contributed by atoms with Crippen LogP contribution in [0.25, 0.3) is 0 Å². The molecule has 1 aliphatic rings. The number of carbonyl (C=O) groups is 2. The lowest BCUT2D eigenvalue weighted by Crippen LogP contribution is -2.63. The molecule has 21 heavy (non-hydrogen) atoms. The highest BCUT2D eigenvalue weighted by molar-refractivity contribution is 8.00. The average molecular weight is 313 g/mol. The molecule has 0 radical (unpaired) electrons. The predicted molar refractivity (Wildman–Crippen MR) is 75.7 cm³/mol.